The Labute approximate surface area is 126 Å². The summed E-state index contributed by atoms with van der Waals surface area (Å²) in [5.74, 6) is -1.04. The molecule has 1 aliphatic heterocycles. The van der Waals surface area contributed by atoms with Crippen molar-refractivity contribution in [3.8, 4) is 0 Å². The number of sulfonamides is 1. The first-order chi connectivity index (χ1) is 9.45. The predicted molar refractivity (Wildman–Crippen MR) is 77.3 cm³/mol. The molecule has 1 aromatic carbocycles. The van der Waals surface area contributed by atoms with Crippen molar-refractivity contribution >= 4 is 31.9 Å². The van der Waals surface area contributed by atoms with Crippen LogP contribution in [0.5, 0.6) is 0 Å². The Hall–Kier alpha value is -0.960. The number of alkyl halides is 1. The van der Waals surface area contributed by atoms with Crippen molar-refractivity contribution in [3.63, 3.8) is 0 Å². The van der Waals surface area contributed by atoms with Crippen molar-refractivity contribution in [1.29, 1.82) is 0 Å². The maximum atomic E-state index is 12.4. The number of benzene rings is 1. The number of carbonyl (C=O) groups is 1. The molecule has 1 atom stereocenters. The molecule has 1 aliphatic rings. The average molecular weight is 363 g/mol. The average Bonchev–Trinajstić information content (AvgIpc) is 2.47. The van der Waals surface area contributed by atoms with E-state index in [9.17, 15) is 13.2 Å². The van der Waals surface area contributed by atoms with Crippen LogP contribution in [-0.2, 0) is 20.1 Å². The van der Waals surface area contributed by atoms with Crippen LogP contribution < -0.4 is 5.32 Å². The molecule has 0 radical (unpaired) electrons. The highest BCUT2D eigenvalue weighted by molar-refractivity contribution is 9.08. The van der Waals surface area contributed by atoms with Crippen molar-refractivity contribution in [3.05, 3.63) is 29.8 Å². The van der Waals surface area contributed by atoms with Gasteiger partial charge in [-0.2, -0.15) is 4.31 Å². The van der Waals surface area contributed by atoms with Gasteiger partial charge in [-0.05, 0) is 17.7 Å². The molecule has 1 saturated heterocycles. The quantitative estimate of drug-likeness (QED) is 0.767. The minimum atomic E-state index is -3.64. The van der Waals surface area contributed by atoms with Crippen LogP contribution in [0.2, 0.25) is 0 Å². The Bertz CT molecular complexity index is 588. The van der Waals surface area contributed by atoms with Crippen LogP contribution in [0.25, 0.3) is 0 Å². The summed E-state index contributed by atoms with van der Waals surface area (Å²) in [5, 5.41) is 12.4. The van der Waals surface area contributed by atoms with E-state index in [1.165, 1.54) is 4.31 Å². The minimum absolute atomic E-state index is 0.0577. The summed E-state index contributed by atoms with van der Waals surface area (Å²) < 4.78 is 26.1. The Morgan fingerprint density at radius 1 is 1.40 bits per heavy atom. The van der Waals surface area contributed by atoms with E-state index in [0.29, 0.717) is 11.9 Å². The van der Waals surface area contributed by atoms with E-state index in [-0.39, 0.29) is 18.0 Å². The molecular formula is C12H15BrN2O4S. The lowest BCUT2D eigenvalue weighted by Crippen LogP contribution is -2.55. The van der Waals surface area contributed by atoms with E-state index < -0.39 is 22.0 Å². The van der Waals surface area contributed by atoms with Crippen LogP contribution >= 0.6 is 15.9 Å². The molecule has 110 valence electrons. The summed E-state index contributed by atoms with van der Waals surface area (Å²) in [7, 11) is -3.64. The maximum absolute atomic E-state index is 12.4. The molecule has 0 amide bonds. The number of halogens is 1. The fraction of sp³-hybridized carbons (Fsp3) is 0.417. The molecule has 0 saturated carbocycles. The first-order valence-corrected chi connectivity index (χ1v) is 8.62. The van der Waals surface area contributed by atoms with Gasteiger partial charge in [0.15, 0.2) is 0 Å². The smallest absolute Gasteiger partial charge is 0.322 e. The number of carboxylic acids is 1. The van der Waals surface area contributed by atoms with E-state index >= 15 is 0 Å². The minimum Gasteiger partial charge on any atom is -0.480 e. The van der Waals surface area contributed by atoms with Crippen LogP contribution in [0.15, 0.2) is 29.2 Å². The maximum Gasteiger partial charge on any atom is 0.322 e. The zero-order valence-corrected chi connectivity index (χ0v) is 13.0. The third-order valence-corrected chi connectivity index (χ3v) is 5.68. The van der Waals surface area contributed by atoms with Crippen LogP contribution in [0.4, 0.5) is 0 Å². The number of aliphatic carboxylic acids is 1. The molecule has 1 aromatic rings. The monoisotopic (exact) mass is 362 g/mol. The molecule has 6 nitrogen and oxygen atoms in total. The fourth-order valence-corrected chi connectivity index (χ4v) is 3.84. The molecule has 8 heteroatoms. The van der Waals surface area contributed by atoms with Gasteiger partial charge in [-0.15, -0.1) is 0 Å². The summed E-state index contributed by atoms with van der Waals surface area (Å²) >= 11 is 3.30. The number of hydrogen-bond acceptors (Lipinski definition) is 4. The highest BCUT2D eigenvalue weighted by Crippen LogP contribution is 2.18. The van der Waals surface area contributed by atoms with Crippen molar-refractivity contribution in [2.45, 2.75) is 16.3 Å². The largest absolute Gasteiger partial charge is 0.480 e. The van der Waals surface area contributed by atoms with Crippen LogP contribution in [0, 0.1) is 0 Å². The lowest BCUT2D eigenvalue weighted by atomic mass is 10.2. The van der Waals surface area contributed by atoms with E-state index in [2.05, 4.69) is 21.2 Å². The van der Waals surface area contributed by atoms with Crippen molar-refractivity contribution in [1.82, 2.24) is 9.62 Å². The van der Waals surface area contributed by atoms with Gasteiger partial charge >= 0.3 is 5.97 Å². The normalized spacial score (nSPS) is 20.8. The number of rotatable bonds is 4. The fourth-order valence-electron chi connectivity index (χ4n) is 2.01. The molecule has 1 fully saturated rings. The number of piperazine rings is 1. The number of nitrogens with zero attached hydrogens (tertiary/aromatic N) is 1. The summed E-state index contributed by atoms with van der Waals surface area (Å²) in [4.78, 5) is 11.1. The Kier molecular flexibility index (Phi) is 4.79. The second-order valence-corrected chi connectivity index (χ2v) is 6.98. The Morgan fingerprint density at radius 3 is 2.60 bits per heavy atom. The van der Waals surface area contributed by atoms with E-state index in [1.807, 2.05) is 0 Å². The molecular weight excluding hydrogens is 348 g/mol. The highest BCUT2D eigenvalue weighted by atomic mass is 79.9. The zero-order valence-electron chi connectivity index (χ0n) is 10.6. The predicted octanol–water partition coefficient (Wildman–Crippen LogP) is 0.629. The lowest BCUT2D eigenvalue weighted by molar-refractivity contribution is -0.140. The topological polar surface area (TPSA) is 86.7 Å². The summed E-state index contributed by atoms with van der Waals surface area (Å²) in [6.07, 6.45) is 0. The van der Waals surface area contributed by atoms with Crippen molar-refractivity contribution in [2.75, 3.05) is 19.6 Å². The van der Waals surface area contributed by atoms with Crippen molar-refractivity contribution < 1.29 is 18.3 Å². The third-order valence-electron chi connectivity index (χ3n) is 3.15. The Balaban J connectivity index is 2.22. The summed E-state index contributed by atoms with van der Waals surface area (Å²) in [6, 6.07) is 5.70. The van der Waals surface area contributed by atoms with E-state index in [0.717, 1.165) is 5.56 Å². The van der Waals surface area contributed by atoms with Crippen LogP contribution in [-0.4, -0.2) is 49.5 Å². The molecule has 0 spiro atoms. The standard InChI is InChI=1S/C12H15BrN2O4S/c13-7-9-1-3-10(4-2-9)20(18,19)15-6-5-14-11(8-15)12(16)17/h1-4,11,14H,5-8H2,(H,16,17)/t11-/m0/s1. The summed E-state index contributed by atoms with van der Waals surface area (Å²) in [6.45, 7) is 0.542. The van der Waals surface area contributed by atoms with Gasteiger partial charge in [0.05, 0.1) is 4.90 Å². The molecule has 0 aromatic heterocycles. The first kappa shape index (κ1) is 15.4. The van der Waals surface area contributed by atoms with Gasteiger partial charge in [-0.25, -0.2) is 8.42 Å². The molecule has 2 rings (SSSR count). The van der Waals surface area contributed by atoms with Gasteiger partial charge in [0.2, 0.25) is 10.0 Å². The third kappa shape index (κ3) is 3.20. The van der Waals surface area contributed by atoms with Gasteiger partial charge in [-0.3, -0.25) is 4.79 Å². The van der Waals surface area contributed by atoms with Crippen LogP contribution in [0.3, 0.4) is 0 Å². The summed E-state index contributed by atoms with van der Waals surface area (Å²) in [5.41, 5.74) is 0.979. The van der Waals surface area contributed by atoms with Crippen LogP contribution in [0.1, 0.15) is 5.56 Å². The second kappa shape index (κ2) is 6.21. The molecule has 0 aliphatic carbocycles. The van der Waals surface area contributed by atoms with E-state index in [1.54, 1.807) is 24.3 Å². The molecule has 1 heterocycles. The SMILES string of the molecule is O=C(O)[C@@H]1CN(S(=O)(=O)c2ccc(CBr)cc2)CCN1. The molecule has 2 N–H and O–H groups in total. The number of nitrogens with one attached hydrogen (secondary N) is 1. The van der Waals surface area contributed by atoms with Crippen molar-refractivity contribution in [2.24, 2.45) is 0 Å². The highest BCUT2D eigenvalue weighted by Gasteiger charge is 2.32. The zero-order chi connectivity index (χ0) is 14.8. The number of carboxylic acid groups (broad SMARTS) is 1. The second-order valence-electron chi connectivity index (χ2n) is 4.49. The van der Waals surface area contributed by atoms with Gasteiger partial charge in [0.25, 0.3) is 0 Å². The van der Waals surface area contributed by atoms with Gasteiger partial charge < -0.3 is 10.4 Å². The first-order valence-electron chi connectivity index (χ1n) is 6.06. The van der Waals surface area contributed by atoms with E-state index in [4.69, 9.17) is 5.11 Å². The Morgan fingerprint density at radius 2 is 2.05 bits per heavy atom. The molecule has 0 unspecified atom stereocenters. The van der Waals surface area contributed by atoms with Gasteiger partial charge in [-0.1, -0.05) is 28.1 Å². The molecule has 20 heavy (non-hydrogen) atoms. The lowest BCUT2D eigenvalue weighted by Gasteiger charge is -2.30. The van der Waals surface area contributed by atoms with Gasteiger partial charge in [0, 0.05) is 25.0 Å². The van der Waals surface area contributed by atoms with Gasteiger partial charge in [0.1, 0.15) is 6.04 Å². The number of hydrogen-bond donors (Lipinski definition) is 2. The molecule has 0 bridgehead atoms.